The monoisotopic (exact) mass is 611 g/mol. The molecule has 0 unspecified atom stereocenters. The van der Waals surface area contributed by atoms with E-state index < -0.39 is 17.6 Å². The number of carbonyl (C=O) groups is 3. The van der Waals surface area contributed by atoms with Gasteiger partial charge in [0.25, 0.3) is 5.91 Å². The number of amides is 3. The maximum atomic E-state index is 12.1. The average molecular weight is 612 g/mol. The van der Waals surface area contributed by atoms with E-state index in [0.717, 1.165) is 0 Å². The molecule has 234 valence electrons. The van der Waals surface area contributed by atoms with Gasteiger partial charge in [-0.3, -0.25) is 9.59 Å². The molecule has 0 atom stereocenters. The van der Waals surface area contributed by atoms with Gasteiger partial charge in [-0.15, -0.1) is 0 Å². The topological polar surface area (TPSA) is 106 Å². The highest BCUT2D eigenvalue weighted by Crippen LogP contribution is 2.26. The van der Waals surface area contributed by atoms with Gasteiger partial charge < -0.3 is 25.4 Å². The zero-order chi connectivity index (χ0) is 32.4. The van der Waals surface area contributed by atoms with Crippen LogP contribution >= 0.6 is 11.6 Å². The second-order valence-corrected chi connectivity index (χ2v) is 10.9. The average Bonchev–Trinajstić information content (AvgIpc) is 2.96. The van der Waals surface area contributed by atoms with Crippen molar-refractivity contribution in [3.8, 4) is 16.9 Å². The van der Waals surface area contributed by atoms with Gasteiger partial charge in [-0.1, -0.05) is 85.6 Å². The van der Waals surface area contributed by atoms with Crippen molar-refractivity contribution < 1.29 is 23.9 Å². The molecule has 3 aromatic carbocycles. The van der Waals surface area contributed by atoms with Gasteiger partial charge >= 0.3 is 6.09 Å². The van der Waals surface area contributed by atoms with Crippen molar-refractivity contribution >= 4 is 29.5 Å². The van der Waals surface area contributed by atoms with Crippen LogP contribution in [-0.2, 0) is 9.53 Å². The number of hydrogen-bond donors (Lipinski definition) is 3. The summed E-state index contributed by atoms with van der Waals surface area (Å²) in [5, 5.41) is 7.95. The van der Waals surface area contributed by atoms with Gasteiger partial charge in [0.2, 0.25) is 5.91 Å². The van der Waals surface area contributed by atoms with Crippen LogP contribution in [-0.4, -0.2) is 49.2 Å². The molecule has 43 heavy (non-hydrogen) atoms. The van der Waals surface area contributed by atoms with E-state index >= 15 is 0 Å². The molecule has 0 fully saturated rings. The van der Waals surface area contributed by atoms with E-state index in [1.807, 2.05) is 33.8 Å². The lowest BCUT2D eigenvalue weighted by atomic mass is 10.0. The first-order valence-electron chi connectivity index (χ1n) is 14.4. The highest BCUT2D eigenvalue weighted by molar-refractivity contribution is 6.32. The first-order chi connectivity index (χ1) is 20.3. The summed E-state index contributed by atoms with van der Waals surface area (Å²) in [6.45, 7) is 15.3. The molecule has 0 bridgehead atoms. The lowest BCUT2D eigenvalue weighted by Gasteiger charge is -2.19. The summed E-state index contributed by atoms with van der Waals surface area (Å²) in [7, 11) is 0. The summed E-state index contributed by atoms with van der Waals surface area (Å²) in [6.07, 6.45) is -0.691. The van der Waals surface area contributed by atoms with E-state index in [9.17, 15) is 14.4 Å². The van der Waals surface area contributed by atoms with Gasteiger partial charge in [0.05, 0.1) is 17.7 Å². The number of rotatable bonds is 9. The maximum absolute atomic E-state index is 12.1. The van der Waals surface area contributed by atoms with Crippen LogP contribution in [0.1, 0.15) is 64.4 Å². The lowest BCUT2D eigenvalue weighted by Crippen LogP contribution is -2.42. The summed E-state index contributed by atoms with van der Waals surface area (Å²) in [4.78, 5) is 35.3. The molecule has 0 aromatic heterocycles. The molecule has 0 heterocycles. The fraction of sp³-hybridized carbons (Fsp3) is 0.382. The number of hydrogen-bond acceptors (Lipinski definition) is 5. The van der Waals surface area contributed by atoms with Crippen LogP contribution in [0.5, 0.6) is 5.75 Å². The summed E-state index contributed by atoms with van der Waals surface area (Å²) in [5.41, 5.74) is 3.62. The molecular formula is C34H46ClN3O5. The molecule has 3 rings (SSSR count). The molecule has 0 aliphatic carbocycles. The van der Waals surface area contributed by atoms with Gasteiger partial charge in [-0.25, -0.2) is 4.79 Å². The van der Waals surface area contributed by atoms with E-state index in [1.165, 1.54) is 22.8 Å². The fourth-order valence-corrected chi connectivity index (χ4v) is 3.60. The molecule has 0 spiro atoms. The minimum atomic E-state index is -0.669. The van der Waals surface area contributed by atoms with Crippen molar-refractivity contribution in [2.45, 2.75) is 67.1 Å². The van der Waals surface area contributed by atoms with Gasteiger partial charge in [0.15, 0.2) is 0 Å². The summed E-state index contributed by atoms with van der Waals surface area (Å²) in [5.74, 6) is -0.199. The smallest absolute Gasteiger partial charge is 0.408 e. The van der Waals surface area contributed by atoms with Crippen LogP contribution in [0.3, 0.4) is 0 Å². The van der Waals surface area contributed by atoms with Gasteiger partial charge in [-0.2, -0.15) is 0 Å². The highest BCUT2D eigenvalue weighted by Gasteiger charge is 2.16. The molecule has 3 aromatic rings. The van der Waals surface area contributed by atoms with Crippen molar-refractivity contribution in [3.63, 3.8) is 0 Å². The third kappa shape index (κ3) is 15.7. The minimum Gasteiger partial charge on any atom is -0.489 e. The first kappa shape index (κ1) is 37.0. The van der Waals surface area contributed by atoms with Crippen LogP contribution in [0.4, 0.5) is 4.79 Å². The predicted octanol–water partition coefficient (Wildman–Crippen LogP) is 7.19. The normalized spacial score (nSPS) is 10.3. The van der Waals surface area contributed by atoms with Crippen LogP contribution in [0.25, 0.3) is 11.1 Å². The molecule has 3 amide bonds. The number of benzene rings is 3. The van der Waals surface area contributed by atoms with E-state index in [1.54, 1.807) is 32.9 Å². The van der Waals surface area contributed by atoms with Crippen molar-refractivity contribution in [2.24, 2.45) is 0 Å². The second-order valence-electron chi connectivity index (χ2n) is 10.5. The molecule has 9 heteroatoms. The van der Waals surface area contributed by atoms with Gasteiger partial charge in [0, 0.05) is 18.7 Å². The van der Waals surface area contributed by atoms with Crippen LogP contribution < -0.4 is 20.7 Å². The quantitative estimate of drug-likeness (QED) is 0.222. The Morgan fingerprint density at radius 3 is 1.95 bits per heavy atom. The number of ether oxygens (including phenoxy) is 2. The third-order valence-electron chi connectivity index (χ3n) is 5.24. The molecule has 0 aliphatic rings. The Morgan fingerprint density at radius 2 is 1.40 bits per heavy atom. The standard InChI is InChI=1S/C19H28ClN3O5.C13H12.C2H6/c1-12(2)27-15-7-6-13(10-14(15)20)17(25)22-9-8-21-16(24)11-23-18(26)28-19(3,4)5;1-11-7-9-13(10-8-11)12-5-3-2-4-6-12;1-2/h6-7,10,12H,8-9,11H2,1-5H3,(H,21,24)(H,22,25)(H,23,26);2-10H,1H3;1-2H3. The maximum Gasteiger partial charge on any atom is 0.408 e. The van der Waals surface area contributed by atoms with E-state index in [4.69, 9.17) is 21.1 Å². The largest absolute Gasteiger partial charge is 0.489 e. The Kier molecular flexibility index (Phi) is 16.5. The van der Waals surface area contributed by atoms with Crippen molar-refractivity contribution in [1.82, 2.24) is 16.0 Å². The number of alkyl carbamates (subject to hydrolysis) is 1. The van der Waals surface area contributed by atoms with E-state index in [-0.39, 0.29) is 31.6 Å². The highest BCUT2D eigenvalue weighted by atomic mass is 35.5. The van der Waals surface area contributed by atoms with Gasteiger partial charge in [0.1, 0.15) is 11.4 Å². The summed E-state index contributed by atoms with van der Waals surface area (Å²) < 4.78 is 10.5. The second kappa shape index (κ2) is 19.2. The zero-order valence-corrected chi connectivity index (χ0v) is 27.3. The Morgan fingerprint density at radius 1 is 0.814 bits per heavy atom. The number of halogens is 1. The molecule has 0 saturated heterocycles. The van der Waals surface area contributed by atoms with Crippen molar-refractivity contribution in [3.05, 3.63) is 88.9 Å². The number of aryl methyl sites for hydroxylation is 1. The molecule has 8 nitrogen and oxygen atoms in total. The van der Waals surface area contributed by atoms with Crippen LogP contribution in [0.2, 0.25) is 5.02 Å². The van der Waals surface area contributed by atoms with Crippen molar-refractivity contribution in [1.29, 1.82) is 0 Å². The van der Waals surface area contributed by atoms with Crippen LogP contribution in [0.15, 0.2) is 72.8 Å². The fourth-order valence-electron chi connectivity index (χ4n) is 3.38. The summed E-state index contributed by atoms with van der Waals surface area (Å²) in [6, 6.07) is 23.8. The van der Waals surface area contributed by atoms with E-state index in [0.29, 0.717) is 16.3 Å². The third-order valence-corrected chi connectivity index (χ3v) is 5.54. The zero-order valence-electron chi connectivity index (χ0n) is 26.5. The minimum absolute atomic E-state index is 0.0226. The van der Waals surface area contributed by atoms with Gasteiger partial charge in [-0.05, 0) is 70.9 Å². The Labute approximate surface area is 261 Å². The molecule has 3 N–H and O–H groups in total. The Balaban J connectivity index is 0.000000507. The predicted molar refractivity (Wildman–Crippen MR) is 175 cm³/mol. The molecule has 0 saturated carbocycles. The van der Waals surface area contributed by atoms with Crippen molar-refractivity contribution in [2.75, 3.05) is 19.6 Å². The first-order valence-corrected chi connectivity index (χ1v) is 14.8. The Hall–Kier alpha value is -4.04. The molecule has 0 aliphatic heterocycles. The number of carbonyl (C=O) groups excluding carboxylic acids is 3. The SMILES string of the molecule is CC.CC(C)Oc1ccc(C(=O)NCCNC(=O)CNC(=O)OC(C)(C)C)cc1Cl.Cc1ccc(-c2ccccc2)cc1. The van der Waals surface area contributed by atoms with E-state index in [2.05, 4.69) is 71.4 Å². The lowest BCUT2D eigenvalue weighted by molar-refractivity contribution is -0.120. The molecule has 0 radical (unpaired) electrons. The summed E-state index contributed by atoms with van der Waals surface area (Å²) >= 11 is 6.11. The molecular weight excluding hydrogens is 566 g/mol. The number of nitrogens with one attached hydrogen (secondary N) is 3. The van der Waals surface area contributed by atoms with Crippen LogP contribution in [0, 0.1) is 6.92 Å². The Bertz CT molecular complexity index is 1270.